The van der Waals surface area contributed by atoms with Crippen molar-refractivity contribution in [2.45, 2.75) is 20.0 Å². The number of aliphatic imine (C=N–C) groups is 1. The molecule has 3 aromatic rings. The van der Waals surface area contributed by atoms with Crippen molar-refractivity contribution in [3.05, 3.63) is 76.8 Å². The van der Waals surface area contributed by atoms with Crippen LogP contribution in [0.15, 0.2) is 59.6 Å². The Morgan fingerprint density at radius 1 is 1.00 bits per heavy atom. The van der Waals surface area contributed by atoms with Gasteiger partial charge in [0.05, 0.1) is 23.8 Å². The first kappa shape index (κ1) is 24.3. The van der Waals surface area contributed by atoms with Gasteiger partial charge in [0, 0.05) is 33.2 Å². The van der Waals surface area contributed by atoms with Crippen LogP contribution < -0.4 is 10.2 Å². The number of hydrogen-bond acceptors (Lipinski definition) is 4. The first-order valence-corrected chi connectivity index (χ1v) is 10.9. The molecule has 1 aliphatic rings. The van der Waals surface area contributed by atoms with Crippen LogP contribution in [0.5, 0.6) is 0 Å². The number of hydrogen-bond donors (Lipinski definition) is 1. The maximum Gasteiger partial charge on any atom is 0.194 e. The van der Waals surface area contributed by atoms with Crippen LogP contribution in [0.4, 0.5) is 5.69 Å². The second-order valence-electron chi connectivity index (χ2n) is 7.63. The lowest BCUT2D eigenvalue weighted by molar-refractivity contribution is 0.370. The van der Waals surface area contributed by atoms with Gasteiger partial charge in [-0.2, -0.15) is 0 Å². The number of nitrogens with one attached hydrogen (secondary N) is 1. The normalized spacial score (nSPS) is 14.3. The number of aryl methyl sites for hydroxylation is 1. The molecule has 1 aromatic heterocycles. The minimum absolute atomic E-state index is 0. The Labute approximate surface area is 211 Å². The summed E-state index contributed by atoms with van der Waals surface area (Å²) < 4.78 is 2.00. The number of nitrogens with zero attached hydrogens (tertiary/aromatic N) is 6. The summed E-state index contributed by atoms with van der Waals surface area (Å²) in [7, 11) is 1.98. The van der Waals surface area contributed by atoms with E-state index in [0.29, 0.717) is 13.1 Å². The van der Waals surface area contributed by atoms with Gasteiger partial charge in [-0.3, -0.25) is 0 Å². The molecule has 0 aliphatic carbocycles. The Hall–Kier alpha value is -2.33. The minimum Gasteiger partial charge on any atom is -0.367 e. The Bertz CT molecular complexity index is 1030. The number of benzene rings is 2. The molecule has 4 rings (SSSR count). The maximum absolute atomic E-state index is 6.40. The van der Waals surface area contributed by atoms with Crippen LogP contribution in [-0.2, 0) is 20.1 Å². The predicted octanol–water partition coefficient (Wildman–Crippen LogP) is 3.86. The fourth-order valence-corrected chi connectivity index (χ4v) is 3.90. The van der Waals surface area contributed by atoms with E-state index in [1.54, 1.807) is 0 Å². The molecule has 9 heteroatoms. The van der Waals surface area contributed by atoms with Crippen LogP contribution in [0, 0.1) is 6.92 Å². The van der Waals surface area contributed by atoms with Gasteiger partial charge in [0.25, 0.3) is 0 Å². The largest absolute Gasteiger partial charge is 0.367 e. The summed E-state index contributed by atoms with van der Waals surface area (Å²) in [6.07, 6.45) is 0. The predicted molar refractivity (Wildman–Crippen MR) is 141 cm³/mol. The van der Waals surface area contributed by atoms with E-state index in [9.17, 15) is 0 Å². The van der Waals surface area contributed by atoms with Gasteiger partial charge in [-0.15, -0.1) is 34.2 Å². The Kier molecular flexibility index (Phi) is 8.75. The maximum atomic E-state index is 6.40. The second kappa shape index (κ2) is 11.5. The fraction of sp³-hybridized carbons (Fsp3) is 0.348. The van der Waals surface area contributed by atoms with E-state index >= 15 is 0 Å². The van der Waals surface area contributed by atoms with E-state index in [0.717, 1.165) is 54.5 Å². The van der Waals surface area contributed by atoms with Crippen LogP contribution in [0.2, 0.25) is 5.02 Å². The van der Waals surface area contributed by atoms with Crippen molar-refractivity contribution >= 4 is 47.2 Å². The fourth-order valence-electron chi connectivity index (χ4n) is 3.65. The Morgan fingerprint density at radius 3 is 2.34 bits per heavy atom. The monoisotopic (exact) mass is 565 g/mol. The quantitative estimate of drug-likeness (QED) is 0.289. The summed E-state index contributed by atoms with van der Waals surface area (Å²) >= 11 is 6.40. The third-order valence-corrected chi connectivity index (χ3v) is 5.93. The zero-order valence-electron chi connectivity index (χ0n) is 18.4. The molecule has 7 nitrogen and oxygen atoms in total. The van der Waals surface area contributed by atoms with Crippen molar-refractivity contribution in [1.82, 2.24) is 25.0 Å². The molecule has 1 fully saturated rings. The molecule has 2 aromatic carbocycles. The standard InChI is InChI=1S/C23H28ClN7.HI/c1-18-27-28-22(29(18)2)17-26-23(25-16-19-8-4-3-5-9-19)31-14-12-30(13-15-31)21-11-7-6-10-20(21)24;/h3-11H,12-17H2,1-2H3,(H,25,26);1H. The Balaban J connectivity index is 0.00000289. The molecule has 0 atom stereocenters. The molecule has 0 bridgehead atoms. The van der Waals surface area contributed by atoms with E-state index in [-0.39, 0.29) is 24.0 Å². The summed E-state index contributed by atoms with van der Waals surface area (Å²) in [6.45, 7) is 6.67. The molecule has 0 unspecified atom stereocenters. The number of rotatable bonds is 5. The minimum atomic E-state index is 0. The van der Waals surface area contributed by atoms with Gasteiger partial charge in [0.2, 0.25) is 0 Å². The molecule has 1 aliphatic heterocycles. The first-order chi connectivity index (χ1) is 15.1. The van der Waals surface area contributed by atoms with E-state index in [4.69, 9.17) is 16.6 Å². The van der Waals surface area contributed by atoms with E-state index in [1.807, 2.05) is 54.9 Å². The number of piperazine rings is 1. The van der Waals surface area contributed by atoms with Crippen LogP contribution >= 0.6 is 35.6 Å². The van der Waals surface area contributed by atoms with Crippen molar-refractivity contribution in [2.24, 2.45) is 12.0 Å². The second-order valence-corrected chi connectivity index (χ2v) is 8.03. The number of para-hydroxylation sites is 1. The van der Waals surface area contributed by atoms with Gasteiger partial charge in [0.15, 0.2) is 11.8 Å². The molecule has 1 N–H and O–H groups in total. The average molecular weight is 566 g/mol. The summed E-state index contributed by atoms with van der Waals surface area (Å²) in [5.74, 6) is 2.68. The number of guanidine groups is 1. The van der Waals surface area contributed by atoms with Crippen molar-refractivity contribution in [3.63, 3.8) is 0 Å². The third kappa shape index (κ3) is 5.92. The van der Waals surface area contributed by atoms with Gasteiger partial charge < -0.3 is 19.7 Å². The van der Waals surface area contributed by atoms with Crippen LogP contribution in [0.1, 0.15) is 17.2 Å². The highest BCUT2D eigenvalue weighted by Gasteiger charge is 2.21. The van der Waals surface area contributed by atoms with Crippen molar-refractivity contribution in [3.8, 4) is 0 Å². The van der Waals surface area contributed by atoms with Gasteiger partial charge in [0.1, 0.15) is 5.82 Å². The molecular weight excluding hydrogens is 537 g/mol. The zero-order valence-corrected chi connectivity index (χ0v) is 21.5. The average Bonchev–Trinajstić information content (AvgIpc) is 3.13. The van der Waals surface area contributed by atoms with Crippen molar-refractivity contribution < 1.29 is 0 Å². The molecule has 170 valence electrons. The van der Waals surface area contributed by atoms with E-state index in [1.165, 1.54) is 5.56 Å². The molecule has 32 heavy (non-hydrogen) atoms. The van der Waals surface area contributed by atoms with Crippen LogP contribution in [0.25, 0.3) is 0 Å². The SMILES string of the molecule is Cc1nnc(CNC(=NCc2ccccc2)N2CCN(c3ccccc3Cl)CC2)n1C.I. The highest BCUT2D eigenvalue weighted by Crippen LogP contribution is 2.26. The van der Waals surface area contributed by atoms with Gasteiger partial charge in [-0.1, -0.05) is 54.1 Å². The van der Waals surface area contributed by atoms with E-state index < -0.39 is 0 Å². The van der Waals surface area contributed by atoms with Crippen LogP contribution in [0.3, 0.4) is 0 Å². The Morgan fingerprint density at radius 2 is 1.69 bits per heavy atom. The summed E-state index contributed by atoms with van der Waals surface area (Å²) in [5, 5.41) is 12.7. The summed E-state index contributed by atoms with van der Waals surface area (Å²) in [5.41, 5.74) is 2.28. The number of halogens is 2. The lowest BCUT2D eigenvalue weighted by Crippen LogP contribution is -2.52. The first-order valence-electron chi connectivity index (χ1n) is 10.5. The smallest absolute Gasteiger partial charge is 0.194 e. The lowest BCUT2D eigenvalue weighted by Gasteiger charge is -2.38. The molecule has 1 saturated heterocycles. The highest BCUT2D eigenvalue weighted by molar-refractivity contribution is 14.0. The molecule has 0 radical (unpaired) electrons. The van der Waals surface area contributed by atoms with Crippen LogP contribution in [-0.4, -0.2) is 51.8 Å². The van der Waals surface area contributed by atoms with Gasteiger partial charge in [-0.05, 0) is 24.6 Å². The summed E-state index contributed by atoms with van der Waals surface area (Å²) in [6, 6.07) is 18.3. The number of anilines is 1. The highest BCUT2D eigenvalue weighted by atomic mass is 127. The molecular formula is C23H29ClIN7. The van der Waals surface area contributed by atoms with Gasteiger partial charge >= 0.3 is 0 Å². The lowest BCUT2D eigenvalue weighted by atomic mass is 10.2. The molecule has 0 spiro atoms. The van der Waals surface area contributed by atoms with Gasteiger partial charge in [-0.25, -0.2) is 4.99 Å². The topological polar surface area (TPSA) is 61.6 Å². The van der Waals surface area contributed by atoms with Crippen molar-refractivity contribution in [1.29, 1.82) is 0 Å². The zero-order chi connectivity index (χ0) is 21.6. The third-order valence-electron chi connectivity index (χ3n) is 5.61. The van der Waals surface area contributed by atoms with E-state index in [2.05, 4.69) is 43.5 Å². The van der Waals surface area contributed by atoms with Crippen molar-refractivity contribution in [2.75, 3.05) is 31.1 Å². The molecule has 2 heterocycles. The number of aromatic nitrogens is 3. The summed E-state index contributed by atoms with van der Waals surface area (Å²) in [4.78, 5) is 9.55. The molecule has 0 amide bonds. The molecule has 0 saturated carbocycles.